The van der Waals surface area contributed by atoms with E-state index >= 15 is 0 Å². The number of rotatable bonds is 5. The van der Waals surface area contributed by atoms with Crippen molar-refractivity contribution >= 4 is 5.91 Å². The highest BCUT2D eigenvalue weighted by Gasteiger charge is 2.25. The number of carbonyl (C=O) groups is 1. The summed E-state index contributed by atoms with van der Waals surface area (Å²) in [6.45, 7) is 9.20. The van der Waals surface area contributed by atoms with Crippen LogP contribution in [0.1, 0.15) is 67.8 Å². The van der Waals surface area contributed by atoms with E-state index in [2.05, 4.69) is 31.0 Å². The number of likely N-dealkylation sites (tertiary alicyclic amines) is 1. The molecule has 1 fully saturated rings. The molecule has 0 radical (unpaired) electrons. The number of nitrogens with one attached hydrogen (secondary N) is 1. The summed E-state index contributed by atoms with van der Waals surface area (Å²) >= 11 is 0. The molecule has 1 N–H and O–H groups in total. The van der Waals surface area contributed by atoms with E-state index < -0.39 is 0 Å². The topological polar surface area (TPSA) is 45.5 Å². The van der Waals surface area contributed by atoms with Crippen molar-refractivity contribution in [2.24, 2.45) is 0 Å². The second-order valence-corrected chi connectivity index (χ2v) is 8.17. The highest BCUT2D eigenvalue weighted by Crippen LogP contribution is 2.25. The van der Waals surface area contributed by atoms with Crippen molar-refractivity contribution < 1.29 is 9.21 Å². The molecule has 1 atom stereocenters. The molecule has 0 saturated carbocycles. The minimum atomic E-state index is -0.0287. The van der Waals surface area contributed by atoms with Crippen molar-refractivity contribution in [3.63, 3.8) is 0 Å². The SMILES string of the molecule is CC(C)(C)c1ccc(C(=O)NCC(c2ccco2)N2CCCCC2)cc1. The lowest BCUT2D eigenvalue weighted by atomic mass is 9.87. The second-order valence-electron chi connectivity index (χ2n) is 8.17. The Morgan fingerprint density at radius 3 is 2.38 bits per heavy atom. The first-order chi connectivity index (χ1) is 12.4. The monoisotopic (exact) mass is 354 g/mol. The van der Waals surface area contributed by atoms with Crippen LogP contribution in [0, 0.1) is 0 Å². The summed E-state index contributed by atoms with van der Waals surface area (Å²) in [5.41, 5.74) is 2.03. The molecule has 3 rings (SSSR count). The van der Waals surface area contributed by atoms with Gasteiger partial charge in [0.25, 0.3) is 5.91 Å². The minimum Gasteiger partial charge on any atom is -0.468 e. The van der Waals surface area contributed by atoms with E-state index in [9.17, 15) is 4.79 Å². The first-order valence-corrected chi connectivity index (χ1v) is 9.61. The maximum Gasteiger partial charge on any atom is 0.251 e. The van der Waals surface area contributed by atoms with E-state index in [4.69, 9.17) is 4.42 Å². The maximum absolute atomic E-state index is 12.6. The van der Waals surface area contributed by atoms with Gasteiger partial charge in [0, 0.05) is 12.1 Å². The van der Waals surface area contributed by atoms with Gasteiger partial charge in [-0.2, -0.15) is 0 Å². The molecule has 1 aromatic carbocycles. The summed E-state index contributed by atoms with van der Waals surface area (Å²) < 4.78 is 5.65. The van der Waals surface area contributed by atoms with Gasteiger partial charge in [-0.3, -0.25) is 9.69 Å². The van der Waals surface area contributed by atoms with Gasteiger partial charge in [0.05, 0.1) is 12.3 Å². The third-order valence-electron chi connectivity index (χ3n) is 5.17. The van der Waals surface area contributed by atoms with Gasteiger partial charge in [0.15, 0.2) is 0 Å². The molecule has 2 heterocycles. The lowest BCUT2D eigenvalue weighted by Gasteiger charge is -2.33. The smallest absolute Gasteiger partial charge is 0.251 e. The summed E-state index contributed by atoms with van der Waals surface area (Å²) in [4.78, 5) is 15.0. The van der Waals surface area contributed by atoms with Crippen LogP contribution in [0.2, 0.25) is 0 Å². The lowest BCUT2D eigenvalue weighted by Crippen LogP contribution is -2.40. The molecule has 1 aliphatic heterocycles. The van der Waals surface area contributed by atoms with Crippen LogP contribution in [0.4, 0.5) is 0 Å². The Labute approximate surface area is 156 Å². The fraction of sp³-hybridized carbons (Fsp3) is 0.500. The molecule has 0 bridgehead atoms. The third-order valence-corrected chi connectivity index (χ3v) is 5.17. The number of hydrogen-bond donors (Lipinski definition) is 1. The van der Waals surface area contributed by atoms with Crippen molar-refractivity contribution in [3.05, 3.63) is 59.5 Å². The van der Waals surface area contributed by atoms with Crippen LogP contribution in [0.15, 0.2) is 47.1 Å². The Kier molecular flexibility index (Phi) is 5.82. The van der Waals surface area contributed by atoms with E-state index in [-0.39, 0.29) is 17.4 Å². The van der Waals surface area contributed by atoms with Gasteiger partial charge in [0.1, 0.15) is 5.76 Å². The quantitative estimate of drug-likeness (QED) is 0.858. The predicted molar refractivity (Wildman–Crippen MR) is 104 cm³/mol. The molecule has 1 aromatic heterocycles. The van der Waals surface area contributed by atoms with Crippen LogP contribution in [0.3, 0.4) is 0 Å². The van der Waals surface area contributed by atoms with Gasteiger partial charge in [-0.15, -0.1) is 0 Å². The average Bonchev–Trinajstić information content (AvgIpc) is 3.16. The van der Waals surface area contributed by atoms with Crippen molar-refractivity contribution in [2.75, 3.05) is 19.6 Å². The molecule has 0 aliphatic carbocycles. The van der Waals surface area contributed by atoms with E-state index in [1.807, 2.05) is 36.4 Å². The third kappa shape index (κ3) is 4.55. The van der Waals surface area contributed by atoms with Crippen LogP contribution in [-0.2, 0) is 5.41 Å². The van der Waals surface area contributed by atoms with Crippen LogP contribution in [-0.4, -0.2) is 30.4 Å². The van der Waals surface area contributed by atoms with E-state index in [0.717, 1.165) is 18.8 Å². The fourth-order valence-electron chi connectivity index (χ4n) is 3.53. The molecule has 26 heavy (non-hydrogen) atoms. The van der Waals surface area contributed by atoms with Gasteiger partial charge >= 0.3 is 0 Å². The Bertz CT molecular complexity index is 693. The van der Waals surface area contributed by atoms with Crippen LogP contribution >= 0.6 is 0 Å². The van der Waals surface area contributed by atoms with Crippen molar-refractivity contribution in [3.8, 4) is 0 Å². The molecule has 4 nitrogen and oxygen atoms in total. The van der Waals surface area contributed by atoms with Crippen molar-refractivity contribution in [1.82, 2.24) is 10.2 Å². The molecule has 1 aliphatic rings. The van der Waals surface area contributed by atoms with Gasteiger partial charge in [0.2, 0.25) is 0 Å². The zero-order valence-corrected chi connectivity index (χ0v) is 16.1. The predicted octanol–water partition coefficient (Wildman–Crippen LogP) is 4.53. The molecule has 1 amide bonds. The molecule has 0 spiro atoms. The number of nitrogens with zero attached hydrogens (tertiary/aromatic N) is 1. The largest absolute Gasteiger partial charge is 0.468 e. The van der Waals surface area contributed by atoms with Crippen LogP contribution in [0.25, 0.3) is 0 Å². The van der Waals surface area contributed by atoms with E-state index in [1.54, 1.807) is 6.26 Å². The fourth-order valence-corrected chi connectivity index (χ4v) is 3.53. The van der Waals surface area contributed by atoms with Crippen molar-refractivity contribution in [1.29, 1.82) is 0 Å². The first-order valence-electron chi connectivity index (χ1n) is 9.61. The number of benzene rings is 1. The first kappa shape index (κ1) is 18.7. The standard InChI is InChI=1S/C22H30N2O2/c1-22(2,3)18-11-9-17(10-12-18)21(25)23-16-19(20-8-7-15-26-20)24-13-5-4-6-14-24/h7-12,15,19H,4-6,13-14,16H2,1-3H3,(H,23,25). The Morgan fingerprint density at radius 2 is 1.81 bits per heavy atom. The van der Waals surface area contributed by atoms with Gasteiger partial charge in [-0.05, 0) is 61.2 Å². The second kappa shape index (κ2) is 8.09. The zero-order chi connectivity index (χ0) is 18.6. The Balaban J connectivity index is 1.65. The molecule has 2 aromatic rings. The number of piperidine rings is 1. The Morgan fingerprint density at radius 1 is 1.12 bits per heavy atom. The van der Waals surface area contributed by atoms with Gasteiger partial charge < -0.3 is 9.73 Å². The number of amides is 1. The molecular weight excluding hydrogens is 324 g/mol. The maximum atomic E-state index is 12.6. The summed E-state index contributed by atoms with van der Waals surface area (Å²) in [6, 6.07) is 11.9. The van der Waals surface area contributed by atoms with E-state index in [1.165, 1.54) is 24.8 Å². The summed E-state index contributed by atoms with van der Waals surface area (Å²) in [7, 11) is 0. The summed E-state index contributed by atoms with van der Waals surface area (Å²) in [5, 5.41) is 3.10. The molecular formula is C22H30N2O2. The summed E-state index contributed by atoms with van der Waals surface area (Å²) in [5.74, 6) is 0.898. The van der Waals surface area contributed by atoms with Gasteiger partial charge in [-0.25, -0.2) is 0 Å². The van der Waals surface area contributed by atoms with Crippen LogP contribution in [0.5, 0.6) is 0 Å². The highest BCUT2D eigenvalue weighted by molar-refractivity contribution is 5.94. The van der Waals surface area contributed by atoms with Gasteiger partial charge in [-0.1, -0.05) is 39.3 Å². The molecule has 140 valence electrons. The molecule has 1 saturated heterocycles. The number of hydrogen-bond acceptors (Lipinski definition) is 3. The highest BCUT2D eigenvalue weighted by atomic mass is 16.3. The molecule has 1 unspecified atom stereocenters. The summed E-state index contributed by atoms with van der Waals surface area (Å²) in [6.07, 6.45) is 5.41. The normalized spacial score (nSPS) is 17.0. The van der Waals surface area contributed by atoms with E-state index in [0.29, 0.717) is 12.1 Å². The molecule has 4 heteroatoms. The zero-order valence-electron chi connectivity index (χ0n) is 16.1. The minimum absolute atomic E-state index is 0.0287. The lowest BCUT2D eigenvalue weighted by molar-refractivity contribution is 0.0914. The van der Waals surface area contributed by atoms with Crippen molar-refractivity contribution in [2.45, 2.75) is 51.5 Å². The number of carbonyl (C=O) groups excluding carboxylic acids is 1. The van der Waals surface area contributed by atoms with Crippen LogP contribution < -0.4 is 5.32 Å². The average molecular weight is 354 g/mol. The number of furan rings is 1. The Hall–Kier alpha value is -2.07.